The number of anilines is 2. The number of fused-ring (bicyclic) bond motifs is 1. The molecule has 6 rings (SSSR count). The quantitative estimate of drug-likeness (QED) is 0.408. The van der Waals surface area contributed by atoms with Crippen LogP contribution in [0.3, 0.4) is 0 Å². The molecule has 3 aliphatic rings. The Morgan fingerprint density at radius 2 is 1.79 bits per heavy atom. The van der Waals surface area contributed by atoms with E-state index in [9.17, 15) is 4.55 Å². The van der Waals surface area contributed by atoms with E-state index in [1.807, 2.05) is 30.3 Å². The highest BCUT2D eigenvalue weighted by molar-refractivity contribution is 7.91. The summed E-state index contributed by atoms with van der Waals surface area (Å²) < 4.78 is 25.0. The van der Waals surface area contributed by atoms with Crippen LogP contribution in [0.4, 0.5) is 11.8 Å². The van der Waals surface area contributed by atoms with Crippen LogP contribution in [-0.2, 0) is 39.3 Å². The molecule has 1 unspecified atom stereocenters. The lowest BCUT2D eigenvalue weighted by Crippen LogP contribution is -2.45. The zero-order valence-corrected chi connectivity index (χ0v) is 23.0. The molecule has 0 amide bonds. The molecule has 200 valence electrons. The van der Waals surface area contributed by atoms with Crippen molar-refractivity contribution in [3.8, 4) is 0 Å². The van der Waals surface area contributed by atoms with Crippen molar-refractivity contribution >= 4 is 34.5 Å². The molecule has 3 aliphatic heterocycles. The highest BCUT2D eigenvalue weighted by Gasteiger charge is 2.39. The third-order valence-corrected chi connectivity index (χ3v) is 9.53. The van der Waals surface area contributed by atoms with E-state index < -0.39 is 16.8 Å². The van der Waals surface area contributed by atoms with Crippen LogP contribution in [0.1, 0.15) is 42.5 Å². The van der Waals surface area contributed by atoms with E-state index in [-0.39, 0.29) is 6.04 Å². The summed E-state index contributed by atoms with van der Waals surface area (Å²) in [5.74, 6) is 2.07. The van der Waals surface area contributed by atoms with Gasteiger partial charge in [-0.25, -0.2) is 4.98 Å². The molecule has 0 radical (unpaired) electrons. The number of aryl methyl sites for hydroxylation is 1. The zero-order chi connectivity index (χ0) is 26.0. The predicted molar refractivity (Wildman–Crippen MR) is 150 cm³/mol. The minimum atomic E-state index is -1.06. The average molecular weight is 553 g/mol. The Hall–Kier alpha value is -2.36. The van der Waals surface area contributed by atoms with E-state index in [1.165, 1.54) is 0 Å². The van der Waals surface area contributed by atoms with Gasteiger partial charge < -0.3 is 24.2 Å². The van der Waals surface area contributed by atoms with Gasteiger partial charge in [0.05, 0.1) is 12.2 Å². The van der Waals surface area contributed by atoms with E-state index in [4.69, 9.17) is 31.0 Å². The van der Waals surface area contributed by atoms with E-state index in [2.05, 4.69) is 34.5 Å². The van der Waals surface area contributed by atoms with Crippen molar-refractivity contribution in [3.05, 3.63) is 76.4 Å². The lowest BCUT2D eigenvalue weighted by atomic mass is 9.84. The van der Waals surface area contributed by atoms with Gasteiger partial charge in [0.25, 0.3) is 0 Å². The SMILES string of the molecule is [O-][S+]1CCc2nc(N3CCC(OCc4ccccc4)(c4ccc(Cl)cc4)CC3)nc(NC3CCOCC3)c21. The summed E-state index contributed by atoms with van der Waals surface area (Å²) in [6.45, 7) is 3.54. The van der Waals surface area contributed by atoms with Gasteiger partial charge in [0.15, 0.2) is 5.82 Å². The second-order valence-electron chi connectivity index (χ2n) is 10.2. The number of aromatic nitrogens is 2. The Kier molecular flexibility index (Phi) is 7.77. The van der Waals surface area contributed by atoms with Gasteiger partial charge in [-0.05, 0) is 60.1 Å². The third-order valence-electron chi connectivity index (χ3n) is 7.82. The van der Waals surface area contributed by atoms with Crippen LogP contribution in [0.25, 0.3) is 0 Å². The van der Waals surface area contributed by atoms with Crippen LogP contribution in [0.5, 0.6) is 0 Å². The first-order valence-corrected chi connectivity index (χ1v) is 15.1. The highest BCUT2D eigenvalue weighted by Crippen LogP contribution is 2.40. The fraction of sp³-hybridized carbons (Fsp3) is 0.448. The molecule has 1 N–H and O–H groups in total. The van der Waals surface area contributed by atoms with Crippen molar-refractivity contribution in [2.75, 3.05) is 42.3 Å². The molecule has 9 heteroatoms. The van der Waals surface area contributed by atoms with Crippen molar-refractivity contribution < 1.29 is 14.0 Å². The first-order valence-electron chi connectivity index (χ1n) is 13.4. The average Bonchev–Trinajstić information content (AvgIpc) is 3.34. The van der Waals surface area contributed by atoms with Gasteiger partial charge in [-0.2, -0.15) is 4.98 Å². The fourth-order valence-electron chi connectivity index (χ4n) is 5.59. The summed E-state index contributed by atoms with van der Waals surface area (Å²) in [7, 11) is 0. The molecule has 0 bridgehead atoms. The topological polar surface area (TPSA) is 82.6 Å². The molecule has 2 aromatic carbocycles. The number of rotatable bonds is 7. The number of ether oxygens (including phenoxy) is 2. The van der Waals surface area contributed by atoms with Gasteiger partial charge in [0.1, 0.15) is 11.4 Å². The minimum Gasteiger partial charge on any atom is -0.611 e. The number of halogens is 1. The van der Waals surface area contributed by atoms with Crippen LogP contribution in [0.15, 0.2) is 59.5 Å². The first kappa shape index (κ1) is 25.9. The lowest BCUT2D eigenvalue weighted by Gasteiger charge is -2.42. The summed E-state index contributed by atoms with van der Waals surface area (Å²) in [5, 5.41) is 4.31. The van der Waals surface area contributed by atoms with Crippen LogP contribution in [0.2, 0.25) is 5.02 Å². The summed E-state index contributed by atoms with van der Waals surface area (Å²) in [6, 6.07) is 18.6. The van der Waals surface area contributed by atoms with Gasteiger partial charge in [0.2, 0.25) is 10.8 Å². The Bertz CT molecular complexity index is 1230. The van der Waals surface area contributed by atoms with Gasteiger partial charge in [-0.3, -0.25) is 0 Å². The molecule has 3 aromatic rings. The molecule has 4 heterocycles. The smallest absolute Gasteiger partial charge is 0.227 e. The maximum absolute atomic E-state index is 12.8. The Morgan fingerprint density at radius 1 is 1.05 bits per heavy atom. The molecular formula is C29H33ClN4O3S. The minimum absolute atomic E-state index is 0.276. The predicted octanol–water partition coefficient (Wildman–Crippen LogP) is 5.10. The van der Waals surface area contributed by atoms with Crippen molar-refractivity contribution in [3.63, 3.8) is 0 Å². The summed E-state index contributed by atoms with van der Waals surface area (Å²) in [5.41, 5.74) is 2.79. The van der Waals surface area contributed by atoms with Gasteiger partial charge >= 0.3 is 0 Å². The number of nitrogens with one attached hydrogen (secondary N) is 1. The van der Waals surface area contributed by atoms with Crippen molar-refractivity contribution in [1.82, 2.24) is 9.97 Å². The molecular weight excluding hydrogens is 520 g/mol. The second-order valence-corrected chi connectivity index (χ2v) is 12.2. The molecule has 1 atom stereocenters. The highest BCUT2D eigenvalue weighted by atomic mass is 35.5. The first-order chi connectivity index (χ1) is 18.6. The summed E-state index contributed by atoms with van der Waals surface area (Å²) in [6.07, 6.45) is 4.18. The van der Waals surface area contributed by atoms with E-state index in [0.29, 0.717) is 18.3 Å². The maximum atomic E-state index is 12.8. The molecule has 7 nitrogen and oxygen atoms in total. The van der Waals surface area contributed by atoms with Crippen LogP contribution >= 0.6 is 11.6 Å². The van der Waals surface area contributed by atoms with Gasteiger partial charge in [0, 0.05) is 43.8 Å². The van der Waals surface area contributed by atoms with E-state index in [1.54, 1.807) is 0 Å². The van der Waals surface area contributed by atoms with E-state index in [0.717, 1.165) is 91.0 Å². The summed E-state index contributed by atoms with van der Waals surface area (Å²) >= 11 is 5.16. The number of piperidine rings is 1. The van der Waals surface area contributed by atoms with Crippen molar-refractivity contribution in [2.45, 2.75) is 55.2 Å². The molecule has 0 saturated carbocycles. The molecule has 0 spiro atoms. The summed E-state index contributed by atoms with van der Waals surface area (Å²) in [4.78, 5) is 12.9. The normalized spacial score (nSPS) is 21.3. The lowest BCUT2D eigenvalue weighted by molar-refractivity contribution is -0.0785. The Morgan fingerprint density at radius 3 is 2.53 bits per heavy atom. The second kappa shape index (κ2) is 11.4. The van der Waals surface area contributed by atoms with Crippen LogP contribution < -0.4 is 10.2 Å². The van der Waals surface area contributed by atoms with Crippen LogP contribution in [0, 0.1) is 0 Å². The third kappa shape index (κ3) is 5.51. The standard InChI is InChI=1S/C29H33ClN4O3S/c30-23-8-6-22(7-9-23)29(37-20-21-4-2-1-3-5-21)13-15-34(16-14-29)28-32-25-12-19-38(35)26(25)27(33-28)31-24-10-17-36-18-11-24/h1-9,24H,10-20H2,(H,31,32,33). The molecule has 0 aliphatic carbocycles. The maximum Gasteiger partial charge on any atom is 0.227 e. The van der Waals surface area contributed by atoms with Gasteiger partial charge in [-0.1, -0.05) is 54.1 Å². The monoisotopic (exact) mass is 552 g/mol. The Labute approximate surface area is 232 Å². The van der Waals surface area contributed by atoms with Crippen molar-refractivity contribution in [2.24, 2.45) is 0 Å². The molecule has 38 heavy (non-hydrogen) atoms. The molecule has 1 aromatic heterocycles. The van der Waals surface area contributed by atoms with E-state index >= 15 is 0 Å². The molecule has 2 fully saturated rings. The largest absolute Gasteiger partial charge is 0.611 e. The zero-order valence-electron chi connectivity index (χ0n) is 21.4. The van der Waals surface area contributed by atoms with Crippen molar-refractivity contribution in [1.29, 1.82) is 0 Å². The number of benzene rings is 2. The Balaban J connectivity index is 1.23. The van der Waals surface area contributed by atoms with Gasteiger partial charge in [-0.15, -0.1) is 0 Å². The number of hydrogen-bond acceptors (Lipinski definition) is 7. The fourth-order valence-corrected chi connectivity index (χ4v) is 7.03. The van der Waals surface area contributed by atoms with Crippen LogP contribution in [-0.4, -0.2) is 52.6 Å². The molecule has 2 saturated heterocycles. The number of nitrogens with zero attached hydrogens (tertiary/aromatic N) is 3. The number of hydrogen-bond donors (Lipinski definition) is 1.